The van der Waals surface area contributed by atoms with Crippen molar-refractivity contribution in [1.29, 1.82) is 0 Å². The van der Waals surface area contributed by atoms with Crippen molar-refractivity contribution in [2.45, 2.75) is 53.9 Å². The van der Waals surface area contributed by atoms with Gasteiger partial charge in [0.25, 0.3) is 0 Å². The summed E-state index contributed by atoms with van der Waals surface area (Å²) in [6.45, 7) is 12.5. The Morgan fingerprint density at radius 1 is 0.760 bits per heavy atom. The van der Waals surface area contributed by atoms with Crippen LogP contribution in [0.2, 0.25) is 0 Å². The minimum Gasteiger partial charge on any atom is 0 e. The second-order valence-electron chi connectivity index (χ2n) is 4.58. The van der Waals surface area contributed by atoms with Crippen LogP contribution in [0.25, 0.3) is 0 Å². The van der Waals surface area contributed by atoms with Crippen LogP contribution in [0.15, 0.2) is 24.8 Å². The van der Waals surface area contributed by atoms with Crippen molar-refractivity contribution in [3.8, 4) is 0 Å². The SMILES string of the molecule is CCn1[c-][n+](CC)cc1.CCn1[c-][n+](CC)cc1.FP(F)(F)(F)F.[Ag]. The smallest absolute Gasteiger partial charge is 0 e. The summed E-state index contributed by atoms with van der Waals surface area (Å²) in [4.78, 5) is 0. The van der Waals surface area contributed by atoms with Crippen LogP contribution >= 0.6 is 8.16 Å². The maximum Gasteiger partial charge on any atom is 0 e. The molecule has 0 N–H and O–H groups in total. The molecule has 0 aliphatic heterocycles. The van der Waals surface area contributed by atoms with Crippen LogP contribution in [-0.2, 0) is 48.6 Å². The fourth-order valence-corrected chi connectivity index (χ4v) is 1.49. The van der Waals surface area contributed by atoms with Gasteiger partial charge in [-0.25, -0.2) is 0 Å². The van der Waals surface area contributed by atoms with E-state index in [2.05, 4.69) is 40.3 Å². The Bertz CT molecular complexity index is 499. The van der Waals surface area contributed by atoms with E-state index < -0.39 is 8.16 Å². The van der Waals surface area contributed by atoms with E-state index in [1.54, 1.807) is 0 Å². The minimum atomic E-state index is -8.55. The number of aryl methyl sites for hydroxylation is 4. The summed E-state index contributed by atoms with van der Waals surface area (Å²) in [7, 11) is -8.55. The molecule has 2 aromatic heterocycles. The Hall–Kier alpha value is -0.760. The number of nitrogens with zero attached hydrogens (tertiary/aromatic N) is 4. The van der Waals surface area contributed by atoms with Crippen LogP contribution in [0.4, 0.5) is 21.0 Å². The van der Waals surface area contributed by atoms with E-state index in [-0.39, 0.29) is 22.4 Å². The molecule has 0 aromatic carbocycles. The molecule has 0 saturated heterocycles. The molecule has 0 unspecified atom stereocenters. The quantitative estimate of drug-likeness (QED) is 0.205. The average Bonchev–Trinajstić information content (AvgIpc) is 3.13. The van der Waals surface area contributed by atoms with E-state index in [1.165, 1.54) is 0 Å². The van der Waals surface area contributed by atoms with E-state index in [9.17, 15) is 21.0 Å². The number of hydrogen-bond donors (Lipinski definition) is 0. The monoisotopic (exact) mass is 481 g/mol. The molecule has 11 heteroatoms. The fraction of sp³-hybridized carbons (Fsp3) is 0.571. The van der Waals surface area contributed by atoms with Gasteiger partial charge in [-0.05, 0) is 52.5 Å². The molecule has 0 aliphatic rings. The summed E-state index contributed by atoms with van der Waals surface area (Å²) < 4.78 is 57.3. The predicted molar refractivity (Wildman–Crippen MR) is 82.1 cm³/mol. The largest absolute Gasteiger partial charge is 0 e. The zero-order chi connectivity index (χ0) is 18.8. The summed E-state index contributed by atoms with van der Waals surface area (Å²) in [5, 5.41) is 0. The van der Waals surface area contributed by atoms with Gasteiger partial charge in [0, 0.05) is 22.4 Å². The first-order chi connectivity index (χ1) is 11.0. The van der Waals surface area contributed by atoms with Crippen LogP contribution in [0.5, 0.6) is 0 Å². The molecular weight excluding hydrogens is 458 g/mol. The third-order valence-corrected chi connectivity index (χ3v) is 2.73. The molecule has 151 valence electrons. The van der Waals surface area contributed by atoms with E-state index in [1.807, 2.05) is 43.1 Å². The maximum absolute atomic E-state index is 9.84. The van der Waals surface area contributed by atoms with Gasteiger partial charge in [-0.2, -0.15) is 0 Å². The topological polar surface area (TPSA) is 17.6 Å². The van der Waals surface area contributed by atoms with Crippen LogP contribution in [-0.4, -0.2) is 9.13 Å². The minimum absolute atomic E-state index is 0. The number of hydrogen-bond acceptors (Lipinski definition) is 0. The van der Waals surface area contributed by atoms with Crippen LogP contribution < -0.4 is 9.13 Å². The first kappa shape index (κ1) is 26.5. The number of aromatic nitrogens is 4. The van der Waals surface area contributed by atoms with Crippen molar-refractivity contribution in [3.05, 3.63) is 37.4 Å². The van der Waals surface area contributed by atoms with Gasteiger partial charge in [0.2, 0.25) is 12.7 Å². The van der Waals surface area contributed by atoms with Crippen molar-refractivity contribution in [3.63, 3.8) is 0 Å². The van der Waals surface area contributed by atoms with Crippen molar-refractivity contribution >= 4 is 8.16 Å². The van der Waals surface area contributed by atoms with Crippen LogP contribution in [0.1, 0.15) is 27.7 Å². The number of halogens is 5. The molecule has 1 radical (unpaired) electrons. The molecule has 2 rings (SSSR count). The second kappa shape index (κ2) is 11.8. The Balaban J connectivity index is 0. The van der Waals surface area contributed by atoms with E-state index in [0.29, 0.717) is 0 Å². The van der Waals surface area contributed by atoms with Gasteiger partial charge in [0.15, 0.2) is 0 Å². The van der Waals surface area contributed by atoms with E-state index in [0.717, 1.165) is 26.2 Å². The molecule has 2 heterocycles. The zero-order valence-electron chi connectivity index (χ0n) is 14.6. The van der Waals surface area contributed by atoms with Gasteiger partial charge < -0.3 is 18.3 Å². The fourth-order valence-electron chi connectivity index (χ4n) is 1.49. The second-order valence-corrected chi connectivity index (χ2v) is 5.86. The molecule has 0 fully saturated rings. The Labute approximate surface area is 161 Å². The van der Waals surface area contributed by atoms with Crippen molar-refractivity contribution in [2.24, 2.45) is 0 Å². The van der Waals surface area contributed by atoms with E-state index >= 15 is 0 Å². The third kappa shape index (κ3) is 16.5. The first-order valence-electron chi connectivity index (χ1n) is 7.53. The summed E-state index contributed by atoms with van der Waals surface area (Å²) in [5.41, 5.74) is 0. The van der Waals surface area contributed by atoms with Crippen molar-refractivity contribution in [2.75, 3.05) is 0 Å². The van der Waals surface area contributed by atoms with Gasteiger partial charge in [-0.15, -0.1) is 0 Å². The molecule has 0 aliphatic carbocycles. The summed E-state index contributed by atoms with van der Waals surface area (Å²) in [6.07, 6.45) is 14.4. The molecule has 0 atom stereocenters. The number of rotatable bonds is 4. The molecule has 25 heavy (non-hydrogen) atoms. The molecule has 0 spiro atoms. The molecule has 4 nitrogen and oxygen atoms in total. The molecule has 0 bridgehead atoms. The molecule has 2 aromatic rings. The Kier molecular flexibility index (Phi) is 12.5. The number of imidazole rings is 2. The zero-order valence-corrected chi connectivity index (χ0v) is 16.9. The average molecular weight is 482 g/mol. The third-order valence-electron chi connectivity index (χ3n) is 2.73. The molecule has 0 saturated carbocycles. The summed E-state index contributed by atoms with van der Waals surface area (Å²) in [5.74, 6) is 0. The summed E-state index contributed by atoms with van der Waals surface area (Å²) >= 11 is 0. The van der Waals surface area contributed by atoms with Crippen molar-refractivity contribution in [1.82, 2.24) is 9.13 Å². The van der Waals surface area contributed by atoms with Gasteiger partial charge in [0.1, 0.15) is 0 Å². The van der Waals surface area contributed by atoms with Crippen LogP contribution in [0.3, 0.4) is 0 Å². The van der Waals surface area contributed by atoms with Gasteiger partial charge >= 0.3 is 29.1 Å². The summed E-state index contributed by atoms with van der Waals surface area (Å²) in [6, 6.07) is 0. The van der Waals surface area contributed by atoms with Gasteiger partial charge in [0.05, 0.1) is 26.2 Å². The molecule has 0 amide bonds. The Morgan fingerprint density at radius 3 is 1.16 bits per heavy atom. The van der Waals surface area contributed by atoms with Gasteiger partial charge in [-0.3, -0.25) is 0 Å². The normalized spacial score (nSPS) is 11.8. The standard InChI is InChI=1S/2C7H12N2.Ag.F5P/c2*1-3-8-5-6-9(4-2)7-8;;1-6(2,3,4)5/h2*5-6H,3-4H2,1-2H3;;. The predicted octanol–water partition coefficient (Wildman–Crippen LogP) is 4.19. The molecular formula is C14H24AgF5N4P. The maximum atomic E-state index is 9.84. The van der Waals surface area contributed by atoms with Crippen LogP contribution in [0, 0.1) is 12.7 Å². The first-order valence-corrected chi connectivity index (χ1v) is 9.22. The van der Waals surface area contributed by atoms with Crippen molar-refractivity contribution < 1.29 is 52.5 Å². The van der Waals surface area contributed by atoms with E-state index in [4.69, 9.17) is 0 Å². The Morgan fingerprint density at radius 2 is 1.04 bits per heavy atom. The van der Waals surface area contributed by atoms with Gasteiger partial charge in [-0.1, -0.05) is 0 Å².